The first-order valence-corrected chi connectivity index (χ1v) is 6.66. The summed E-state index contributed by atoms with van der Waals surface area (Å²) in [5, 5.41) is 0.362. The molecule has 0 spiro atoms. The number of ether oxygens (including phenoxy) is 1. The molecule has 0 saturated carbocycles. The van der Waals surface area contributed by atoms with Crippen molar-refractivity contribution in [3.05, 3.63) is 22.7 Å². The van der Waals surface area contributed by atoms with Gasteiger partial charge in [-0.05, 0) is 12.0 Å². The SMILES string of the molecule is CCC(C)CN(C)C(=O)c1cc(Cl)c(N)cc1OC.Cl. The van der Waals surface area contributed by atoms with Crippen LogP contribution in [0.15, 0.2) is 12.1 Å². The van der Waals surface area contributed by atoms with Crippen LogP contribution in [0.1, 0.15) is 30.6 Å². The minimum atomic E-state index is -0.112. The Morgan fingerprint density at radius 1 is 1.50 bits per heavy atom. The van der Waals surface area contributed by atoms with Gasteiger partial charge in [-0.15, -0.1) is 12.4 Å². The minimum absolute atomic E-state index is 0. The van der Waals surface area contributed by atoms with E-state index in [-0.39, 0.29) is 18.3 Å². The third-order valence-electron chi connectivity index (χ3n) is 3.18. The summed E-state index contributed by atoms with van der Waals surface area (Å²) in [7, 11) is 3.28. The Morgan fingerprint density at radius 3 is 2.60 bits per heavy atom. The summed E-state index contributed by atoms with van der Waals surface area (Å²) in [6.45, 7) is 4.90. The maximum absolute atomic E-state index is 12.4. The van der Waals surface area contributed by atoms with Crippen molar-refractivity contribution in [3.63, 3.8) is 0 Å². The molecule has 0 aliphatic heterocycles. The van der Waals surface area contributed by atoms with E-state index in [2.05, 4.69) is 13.8 Å². The zero-order chi connectivity index (χ0) is 14.6. The van der Waals surface area contributed by atoms with Crippen LogP contribution >= 0.6 is 24.0 Å². The van der Waals surface area contributed by atoms with Gasteiger partial charge >= 0.3 is 0 Å². The van der Waals surface area contributed by atoms with Crippen molar-refractivity contribution in [1.82, 2.24) is 4.90 Å². The van der Waals surface area contributed by atoms with Crippen LogP contribution in [0.3, 0.4) is 0 Å². The molecule has 0 aliphatic rings. The fraction of sp³-hybridized carbons (Fsp3) is 0.500. The van der Waals surface area contributed by atoms with Crippen LogP contribution in [0.5, 0.6) is 5.75 Å². The predicted molar refractivity (Wildman–Crippen MR) is 86.1 cm³/mol. The third-order valence-corrected chi connectivity index (χ3v) is 3.51. The van der Waals surface area contributed by atoms with Crippen LogP contribution in [0.4, 0.5) is 5.69 Å². The number of anilines is 1. The monoisotopic (exact) mass is 320 g/mol. The molecule has 6 heteroatoms. The summed E-state index contributed by atoms with van der Waals surface area (Å²) in [4.78, 5) is 14.1. The molecule has 0 heterocycles. The number of halogens is 2. The molecule has 0 bridgehead atoms. The molecule has 20 heavy (non-hydrogen) atoms. The largest absolute Gasteiger partial charge is 0.496 e. The Bertz CT molecular complexity index is 467. The number of rotatable bonds is 5. The minimum Gasteiger partial charge on any atom is -0.496 e. The molecule has 1 aromatic carbocycles. The second kappa shape index (κ2) is 8.22. The number of nitrogens with two attached hydrogens (primary N) is 1. The summed E-state index contributed by atoms with van der Waals surface area (Å²) in [6, 6.07) is 3.14. The van der Waals surface area contributed by atoms with E-state index in [0.29, 0.717) is 34.5 Å². The van der Waals surface area contributed by atoms with Crippen molar-refractivity contribution >= 4 is 35.6 Å². The van der Waals surface area contributed by atoms with Crippen LogP contribution in [-0.2, 0) is 0 Å². The molecule has 2 N–H and O–H groups in total. The van der Waals surface area contributed by atoms with Gasteiger partial charge in [0.25, 0.3) is 5.91 Å². The third kappa shape index (κ3) is 4.46. The van der Waals surface area contributed by atoms with E-state index in [4.69, 9.17) is 22.1 Å². The summed E-state index contributed by atoms with van der Waals surface area (Å²) in [5.74, 6) is 0.783. The van der Waals surface area contributed by atoms with Gasteiger partial charge in [0.1, 0.15) is 5.75 Å². The Labute approximate surface area is 131 Å². The molecule has 1 aromatic rings. The molecule has 0 radical (unpaired) electrons. The Hall–Kier alpha value is -1.13. The van der Waals surface area contributed by atoms with E-state index in [1.165, 1.54) is 7.11 Å². The van der Waals surface area contributed by atoms with Crippen molar-refractivity contribution in [1.29, 1.82) is 0 Å². The van der Waals surface area contributed by atoms with Crippen molar-refractivity contribution in [3.8, 4) is 5.75 Å². The lowest BCUT2D eigenvalue weighted by atomic mass is 10.1. The summed E-state index contributed by atoms with van der Waals surface area (Å²) >= 11 is 5.97. The molecular weight excluding hydrogens is 299 g/mol. The standard InChI is InChI=1S/C14H21ClN2O2.ClH/c1-5-9(2)8-17(3)14(18)10-6-11(15)12(16)7-13(10)19-4;/h6-7,9H,5,8,16H2,1-4H3;1H. The van der Waals surface area contributed by atoms with Crippen molar-refractivity contribution in [2.24, 2.45) is 5.92 Å². The van der Waals surface area contributed by atoms with Crippen LogP contribution in [0, 0.1) is 5.92 Å². The van der Waals surface area contributed by atoms with Gasteiger partial charge in [-0.2, -0.15) is 0 Å². The van der Waals surface area contributed by atoms with Crippen LogP contribution in [0.2, 0.25) is 5.02 Å². The van der Waals surface area contributed by atoms with E-state index < -0.39 is 0 Å². The second-order valence-electron chi connectivity index (χ2n) is 4.77. The number of hydrogen-bond acceptors (Lipinski definition) is 3. The smallest absolute Gasteiger partial charge is 0.257 e. The first kappa shape index (κ1) is 18.9. The maximum Gasteiger partial charge on any atom is 0.257 e. The first-order chi connectivity index (χ1) is 8.90. The summed E-state index contributed by atoms with van der Waals surface area (Å²) in [5.41, 5.74) is 6.55. The molecular formula is C14H22Cl2N2O2. The van der Waals surface area contributed by atoms with Crippen LogP contribution in [-0.4, -0.2) is 31.5 Å². The highest BCUT2D eigenvalue weighted by molar-refractivity contribution is 6.33. The van der Waals surface area contributed by atoms with E-state index in [0.717, 1.165) is 6.42 Å². The van der Waals surface area contributed by atoms with Crippen LogP contribution < -0.4 is 10.5 Å². The predicted octanol–water partition coefficient (Wildman–Crippen LogP) is 3.47. The number of hydrogen-bond donors (Lipinski definition) is 1. The second-order valence-corrected chi connectivity index (χ2v) is 5.18. The van der Waals surface area contributed by atoms with E-state index in [1.54, 1.807) is 24.1 Å². The molecule has 0 aromatic heterocycles. The maximum atomic E-state index is 12.4. The Kier molecular flexibility index (Phi) is 7.76. The molecule has 114 valence electrons. The van der Waals surface area contributed by atoms with Gasteiger partial charge in [0, 0.05) is 19.7 Å². The summed E-state index contributed by atoms with van der Waals surface area (Å²) in [6.07, 6.45) is 1.03. The Morgan fingerprint density at radius 2 is 2.10 bits per heavy atom. The molecule has 1 unspecified atom stereocenters. The van der Waals surface area contributed by atoms with Gasteiger partial charge in [-0.1, -0.05) is 31.9 Å². The summed E-state index contributed by atoms with van der Waals surface area (Å²) < 4.78 is 5.20. The molecule has 0 aliphatic carbocycles. The molecule has 4 nitrogen and oxygen atoms in total. The van der Waals surface area contributed by atoms with Crippen molar-refractivity contribution < 1.29 is 9.53 Å². The fourth-order valence-electron chi connectivity index (χ4n) is 1.79. The van der Waals surface area contributed by atoms with Gasteiger partial charge in [0.15, 0.2) is 0 Å². The first-order valence-electron chi connectivity index (χ1n) is 6.29. The highest BCUT2D eigenvalue weighted by Crippen LogP contribution is 2.29. The van der Waals surface area contributed by atoms with Crippen molar-refractivity contribution in [2.75, 3.05) is 26.4 Å². The van der Waals surface area contributed by atoms with E-state index in [1.807, 2.05) is 0 Å². The van der Waals surface area contributed by atoms with Gasteiger partial charge in [0.05, 0.1) is 23.4 Å². The number of nitrogens with zero attached hydrogens (tertiary/aromatic N) is 1. The average molecular weight is 321 g/mol. The normalized spacial score (nSPS) is 11.4. The van der Waals surface area contributed by atoms with Gasteiger partial charge in [0.2, 0.25) is 0 Å². The topological polar surface area (TPSA) is 55.6 Å². The quantitative estimate of drug-likeness (QED) is 0.845. The van der Waals surface area contributed by atoms with E-state index >= 15 is 0 Å². The van der Waals surface area contributed by atoms with E-state index in [9.17, 15) is 4.79 Å². The zero-order valence-electron chi connectivity index (χ0n) is 12.3. The average Bonchev–Trinajstić information content (AvgIpc) is 2.40. The van der Waals surface area contributed by atoms with Crippen LogP contribution in [0.25, 0.3) is 0 Å². The highest BCUT2D eigenvalue weighted by atomic mass is 35.5. The molecule has 0 saturated heterocycles. The van der Waals surface area contributed by atoms with Gasteiger partial charge < -0.3 is 15.4 Å². The molecule has 1 amide bonds. The van der Waals surface area contributed by atoms with Crippen molar-refractivity contribution in [2.45, 2.75) is 20.3 Å². The zero-order valence-corrected chi connectivity index (χ0v) is 13.8. The molecule has 1 atom stereocenters. The number of methoxy groups -OCH3 is 1. The highest BCUT2D eigenvalue weighted by Gasteiger charge is 2.19. The lowest BCUT2D eigenvalue weighted by Crippen LogP contribution is -2.31. The Balaban J connectivity index is 0.00000361. The lowest BCUT2D eigenvalue weighted by Gasteiger charge is -2.22. The van der Waals surface area contributed by atoms with Gasteiger partial charge in [-0.3, -0.25) is 4.79 Å². The number of nitrogen functional groups attached to an aromatic ring is 1. The molecule has 0 fully saturated rings. The van der Waals surface area contributed by atoms with Gasteiger partial charge in [-0.25, -0.2) is 0 Å². The molecule has 1 rings (SSSR count). The number of benzene rings is 1. The lowest BCUT2D eigenvalue weighted by molar-refractivity contribution is 0.0771. The number of carbonyl (C=O) groups is 1. The fourth-order valence-corrected chi connectivity index (χ4v) is 1.95. The number of carbonyl (C=O) groups excluding carboxylic acids is 1. The number of amides is 1.